The van der Waals surface area contributed by atoms with Gasteiger partial charge in [0, 0.05) is 155 Å². The van der Waals surface area contributed by atoms with Crippen LogP contribution in [-0.2, 0) is 69.1 Å². The van der Waals surface area contributed by atoms with Crippen LogP contribution in [0.3, 0.4) is 0 Å². The molecule has 5 fully saturated rings. The normalized spacial score (nSPS) is 15.0. The third-order valence-electron chi connectivity index (χ3n) is 18.6. The Labute approximate surface area is 720 Å². The zero-order valence-electron chi connectivity index (χ0n) is 73.4. The van der Waals surface area contributed by atoms with E-state index in [2.05, 4.69) is 32.8 Å². The number of ether oxygens (including phenoxy) is 9. The summed E-state index contributed by atoms with van der Waals surface area (Å²) in [5, 5.41) is 12.3. The van der Waals surface area contributed by atoms with E-state index in [1.165, 1.54) is 30.3 Å². The van der Waals surface area contributed by atoms with Gasteiger partial charge in [-0.3, -0.25) is 0 Å². The molecule has 2 N–H and O–H groups in total. The lowest BCUT2D eigenvalue weighted by Gasteiger charge is -2.36. The summed E-state index contributed by atoms with van der Waals surface area (Å²) in [5.41, 5.74) is 3.77. The van der Waals surface area contributed by atoms with Crippen LogP contribution in [0.5, 0.6) is 0 Å². The smallest absolute Gasteiger partial charge is 0.410 e. The van der Waals surface area contributed by atoms with Crippen molar-refractivity contribution >= 4 is 64.7 Å². The number of hydrogen-bond acceptors (Lipinski definition) is 22. The van der Waals surface area contributed by atoms with Gasteiger partial charge in [-0.15, -0.1) is 0 Å². The van der Waals surface area contributed by atoms with Crippen molar-refractivity contribution in [2.75, 3.05) is 176 Å². The molecule has 0 unspecified atom stereocenters. The number of piperazine rings is 5. The molecule has 0 spiro atoms. The molecule has 4 amide bonds. The summed E-state index contributed by atoms with van der Waals surface area (Å²) in [4.78, 5) is 87.0. The van der Waals surface area contributed by atoms with Crippen molar-refractivity contribution in [3.8, 4) is 0 Å². The lowest BCUT2D eigenvalue weighted by Crippen LogP contribution is -2.50. The van der Waals surface area contributed by atoms with Crippen LogP contribution in [0.15, 0.2) is 135 Å². The van der Waals surface area contributed by atoms with Crippen molar-refractivity contribution in [1.29, 1.82) is 0 Å². The van der Waals surface area contributed by atoms with Gasteiger partial charge in [0.05, 0.1) is 78.5 Å². The predicted octanol–water partition coefficient (Wildman–Crippen LogP) is 16.1. The number of halogens is 7. The van der Waals surface area contributed by atoms with Gasteiger partial charge in [-0.1, -0.05) is 37.4 Å². The van der Waals surface area contributed by atoms with Crippen LogP contribution in [0.25, 0.3) is 0 Å². The molecular formula is C90H125F7N10O16. The summed E-state index contributed by atoms with van der Waals surface area (Å²) < 4.78 is 141. The van der Waals surface area contributed by atoms with Crippen molar-refractivity contribution in [2.24, 2.45) is 0 Å². The van der Waals surface area contributed by atoms with Gasteiger partial charge in [0.2, 0.25) is 0 Å². The summed E-state index contributed by atoms with van der Waals surface area (Å²) in [6, 6.07) is 27.3. The van der Waals surface area contributed by atoms with Gasteiger partial charge in [0.15, 0.2) is 11.6 Å². The van der Waals surface area contributed by atoms with Crippen molar-refractivity contribution < 1.29 is 110 Å². The van der Waals surface area contributed by atoms with E-state index in [1.807, 2.05) is 134 Å². The van der Waals surface area contributed by atoms with E-state index in [0.717, 1.165) is 79.7 Å². The Balaban J connectivity index is 0.000000317. The minimum atomic E-state index is -1.08. The third kappa shape index (κ3) is 34.1. The Morgan fingerprint density at radius 2 is 0.626 bits per heavy atom. The Hall–Kier alpha value is -10.9. The van der Waals surface area contributed by atoms with Crippen molar-refractivity contribution in [3.05, 3.63) is 209 Å². The van der Waals surface area contributed by atoms with Crippen LogP contribution in [0.1, 0.15) is 136 Å². The topological polar surface area (TPSA) is 247 Å². The number of aliphatic hydroxyl groups excluding tert-OH is 1. The van der Waals surface area contributed by atoms with E-state index in [4.69, 9.17) is 38.3 Å². The standard InChI is InChI=1S/C18H23FN2O4.C18H27FN2O3.C17H25FN2O3.C16H23FN2O3.C12H17FN2O.C9H6F2O2.2H2/c1-5-24-16(22)13-6-7-15(14(19)12-13)20-8-10-21(11-9-20)17(23)25-18(2,3)4;1-5-23-13-14-6-7-16(15(19)12-14)20-8-10-21(11-9-20)17(22)24-18(2,3)4;1-17(2,3)23-16(21)20-9-7-19(8-10-20)15-6-5-13(12-22-4)11-14(15)18;1-16(2,3)22-15(21)19-8-6-18(7-9-19)14-5-4-12(11-20)10-13(14)17;1-16-9-10-2-3-12(11(13)8-10)15-6-4-14-5-7-15;1-2-13-9(12)6-3-4-7(10)8(11)5-6;;/h5-7,12H,1,8-11H2,2-4H3;6-7,12H,5,8-11,13H2,1-4H3;5-6,11H,7-10,12H2,1-4H3;4-5,10,20H,6-9,11H2,1-3H3;2-3,8,14H,4-7,9H2,1H3;2-5H,1H2;2*1H. The molecule has 5 aliphatic rings. The number of anilines is 5. The zero-order valence-corrected chi connectivity index (χ0v) is 73.4. The molecule has 11 rings (SSSR count). The Morgan fingerprint density at radius 3 is 0.886 bits per heavy atom. The predicted molar refractivity (Wildman–Crippen MR) is 462 cm³/mol. The molecule has 0 atom stereocenters. The highest BCUT2D eigenvalue weighted by atomic mass is 19.2. The number of carbonyl (C=O) groups is 6. The number of rotatable bonds is 17. The van der Waals surface area contributed by atoms with Gasteiger partial charge in [0.1, 0.15) is 51.5 Å². The minimum absolute atomic E-state index is 0. The van der Waals surface area contributed by atoms with Gasteiger partial charge in [0.25, 0.3) is 0 Å². The van der Waals surface area contributed by atoms with E-state index in [1.54, 1.807) is 64.2 Å². The maximum atomic E-state index is 14.3. The largest absolute Gasteiger partial charge is 0.444 e. The second kappa shape index (κ2) is 48.3. The second-order valence-electron chi connectivity index (χ2n) is 32.8. The molecule has 33 heteroatoms. The Bertz CT molecular complexity index is 4440. The van der Waals surface area contributed by atoms with Gasteiger partial charge < -0.3 is 97.2 Å². The molecule has 0 saturated carbocycles. The van der Waals surface area contributed by atoms with Crippen LogP contribution in [0.4, 0.5) is 78.3 Å². The monoisotopic (exact) mass is 1730 g/mol. The van der Waals surface area contributed by atoms with E-state index >= 15 is 0 Å². The fraction of sp³-hybridized carbons (Fsp3) is 0.489. The Kier molecular flexibility index (Phi) is 39.6. The van der Waals surface area contributed by atoms with Crippen molar-refractivity contribution in [1.82, 2.24) is 24.9 Å². The zero-order chi connectivity index (χ0) is 90.9. The molecule has 680 valence electrons. The Morgan fingerprint density at radius 1 is 0.366 bits per heavy atom. The number of nitrogens with one attached hydrogen (secondary N) is 1. The summed E-state index contributed by atoms with van der Waals surface area (Å²) in [5.74, 6) is -5.04. The number of benzene rings is 6. The highest BCUT2D eigenvalue weighted by Gasteiger charge is 2.33. The van der Waals surface area contributed by atoms with Crippen LogP contribution in [0, 0.1) is 40.7 Å². The van der Waals surface area contributed by atoms with Gasteiger partial charge >= 0.3 is 36.3 Å². The summed E-state index contributed by atoms with van der Waals surface area (Å²) in [6.45, 7) is 44.0. The first-order valence-electron chi connectivity index (χ1n) is 40.6. The number of hydrogen-bond donors (Lipinski definition) is 2. The highest BCUT2D eigenvalue weighted by Crippen LogP contribution is 2.30. The molecule has 0 aliphatic carbocycles. The molecule has 5 saturated heterocycles. The van der Waals surface area contributed by atoms with Gasteiger partial charge in [-0.25, -0.2) is 59.5 Å². The number of amides is 4. The number of carbonyl (C=O) groups excluding carboxylic acids is 6. The maximum Gasteiger partial charge on any atom is 0.410 e. The number of esters is 2. The average molecular weight is 1740 g/mol. The molecule has 6 aromatic rings. The maximum absolute atomic E-state index is 14.3. The molecule has 5 aliphatic heterocycles. The van der Waals surface area contributed by atoms with E-state index < -0.39 is 51.8 Å². The molecule has 26 nitrogen and oxygen atoms in total. The molecule has 0 bridgehead atoms. The highest BCUT2D eigenvalue weighted by molar-refractivity contribution is 5.90. The third-order valence-corrected chi connectivity index (χ3v) is 18.6. The number of aliphatic hydroxyl groups is 1. The van der Waals surface area contributed by atoms with Crippen LogP contribution in [0.2, 0.25) is 0 Å². The first-order valence-corrected chi connectivity index (χ1v) is 40.6. The minimum Gasteiger partial charge on any atom is -0.444 e. The molecule has 0 aromatic heterocycles. The van der Waals surface area contributed by atoms with Crippen LogP contribution < -0.4 is 29.8 Å². The quantitative estimate of drug-likeness (QED) is 0.0373. The van der Waals surface area contributed by atoms with E-state index in [-0.39, 0.29) is 68.2 Å². The van der Waals surface area contributed by atoms with Crippen LogP contribution in [-0.4, -0.2) is 235 Å². The molecule has 0 radical (unpaired) electrons. The van der Waals surface area contributed by atoms with Crippen LogP contribution >= 0.6 is 0 Å². The second-order valence-corrected chi connectivity index (χ2v) is 32.8. The first-order chi connectivity index (χ1) is 58.1. The molecule has 6 aromatic carbocycles. The lowest BCUT2D eigenvalue weighted by molar-refractivity contribution is 0.0230. The summed E-state index contributed by atoms with van der Waals surface area (Å²) in [6.07, 6.45) is 0.606. The lowest BCUT2D eigenvalue weighted by atomic mass is 10.1. The SMILES string of the molecule is C=COC(=O)c1ccc(F)c(F)c1.C=COC(=O)c1ccc(N2CCN(C(=O)OC(C)(C)C)CC2)c(F)c1.CC(C)(C)OC(=O)N1CCN(c2ccc(CO)cc2F)CC1.CCOCc1ccc(N2CCN(C(=O)OC(C)(C)C)CC2)c(F)c1.COCc1ccc(N2CCN(C(=O)OC(C)(C)C)CC2)c(F)c1.COCc1ccc(N2CCNCC2)c(F)c1.[HH].[HH]. The first kappa shape index (κ1) is 101. The van der Waals surface area contributed by atoms with Crippen molar-refractivity contribution in [3.63, 3.8) is 0 Å². The van der Waals surface area contributed by atoms with Crippen molar-refractivity contribution in [2.45, 2.75) is 139 Å². The molecule has 5 heterocycles. The van der Waals surface area contributed by atoms with Gasteiger partial charge in [-0.2, -0.15) is 0 Å². The van der Waals surface area contributed by atoms with Gasteiger partial charge in [-0.05, 0) is 197 Å². The fourth-order valence-corrected chi connectivity index (χ4v) is 12.7. The average Bonchev–Trinajstić information content (AvgIpc) is 0.833. The van der Waals surface area contributed by atoms with E-state index in [9.17, 15) is 59.5 Å². The van der Waals surface area contributed by atoms with E-state index in [0.29, 0.717) is 165 Å². The summed E-state index contributed by atoms with van der Waals surface area (Å²) >= 11 is 0. The number of nitrogens with zero attached hydrogens (tertiary/aromatic N) is 9. The number of methoxy groups -OCH3 is 2. The summed E-state index contributed by atoms with van der Waals surface area (Å²) in [7, 11) is 3.20. The molecular weight excluding hydrogens is 1610 g/mol. The fourth-order valence-electron chi connectivity index (χ4n) is 12.7. The molecule has 123 heavy (non-hydrogen) atoms.